The van der Waals surface area contributed by atoms with Gasteiger partial charge in [0.15, 0.2) is 0 Å². The average Bonchev–Trinajstić information content (AvgIpc) is 2.28. The molecule has 16 heavy (non-hydrogen) atoms. The highest BCUT2D eigenvalue weighted by atomic mass is 32.2. The van der Waals surface area contributed by atoms with Gasteiger partial charge < -0.3 is 10.6 Å². The minimum atomic E-state index is 0.180. The number of nitrogen functional groups attached to an aromatic ring is 1. The number of amides is 1. The van der Waals surface area contributed by atoms with Crippen molar-refractivity contribution >= 4 is 29.0 Å². The molecule has 0 saturated heterocycles. The van der Waals surface area contributed by atoms with Crippen molar-refractivity contribution in [3.63, 3.8) is 0 Å². The fourth-order valence-electron chi connectivity index (χ4n) is 2.05. The fourth-order valence-corrected chi connectivity index (χ4v) is 2.45. The molecule has 1 heterocycles. The lowest BCUT2D eigenvalue weighted by Crippen LogP contribution is -2.36. The van der Waals surface area contributed by atoms with E-state index in [1.807, 2.05) is 29.4 Å². The molecule has 86 valence electrons. The number of fused-ring (bicyclic) bond motifs is 1. The van der Waals surface area contributed by atoms with Gasteiger partial charge in [-0.1, -0.05) is 6.07 Å². The summed E-state index contributed by atoms with van der Waals surface area (Å²) in [6.07, 6.45) is 4.03. The van der Waals surface area contributed by atoms with Crippen molar-refractivity contribution in [3.05, 3.63) is 23.8 Å². The lowest BCUT2D eigenvalue weighted by molar-refractivity contribution is -0.116. The maximum Gasteiger partial charge on any atom is 0.236 e. The highest BCUT2D eigenvalue weighted by molar-refractivity contribution is 7.99. The van der Waals surface area contributed by atoms with Crippen molar-refractivity contribution in [1.29, 1.82) is 0 Å². The molecule has 0 radical (unpaired) electrons. The number of hydrogen-bond acceptors (Lipinski definition) is 3. The van der Waals surface area contributed by atoms with Gasteiger partial charge in [0.05, 0.1) is 5.75 Å². The average molecular weight is 236 g/mol. The summed E-state index contributed by atoms with van der Waals surface area (Å²) in [4.78, 5) is 13.8. The molecule has 1 aromatic carbocycles. The lowest BCUT2D eigenvalue weighted by Gasteiger charge is -2.29. The Balaban J connectivity index is 2.31. The number of rotatable bonds is 2. The normalized spacial score (nSPS) is 14.7. The highest BCUT2D eigenvalue weighted by Gasteiger charge is 2.21. The van der Waals surface area contributed by atoms with Crippen LogP contribution in [0, 0.1) is 0 Å². The molecule has 0 unspecified atom stereocenters. The van der Waals surface area contributed by atoms with Crippen molar-refractivity contribution < 1.29 is 4.79 Å². The van der Waals surface area contributed by atoms with E-state index in [4.69, 9.17) is 5.73 Å². The Kier molecular flexibility index (Phi) is 3.39. The number of anilines is 2. The Morgan fingerprint density at radius 1 is 1.56 bits per heavy atom. The topological polar surface area (TPSA) is 46.3 Å². The number of carbonyl (C=O) groups is 1. The zero-order valence-electron chi connectivity index (χ0n) is 9.40. The predicted octanol–water partition coefficient (Wildman–Crippen LogP) is 1.91. The third kappa shape index (κ3) is 2.16. The van der Waals surface area contributed by atoms with E-state index in [-0.39, 0.29) is 5.91 Å². The SMILES string of the molecule is CSCC(=O)N1CCCc2ccc(N)cc21. The summed E-state index contributed by atoms with van der Waals surface area (Å²) < 4.78 is 0. The Hall–Kier alpha value is -1.16. The number of aryl methyl sites for hydroxylation is 1. The molecule has 0 fully saturated rings. The Morgan fingerprint density at radius 2 is 2.38 bits per heavy atom. The van der Waals surface area contributed by atoms with E-state index in [2.05, 4.69) is 0 Å². The van der Waals surface area contributed by atoms with Gasteiger partial charge in [0.2, 0.25) is 5.91 Å². The molecule has 0 aliphatic carbocycles. The molecule has 0 saturated carbocycles. The van der Waals surface area contributed by atoms with Crippen molar-refractivity contribution in [3.8, 4) is 0 Å². The van der Waals surface area contributed by atoms with E-state index in [0.29, 0.717) is 5.75 Å². The first-order valence-electron chi connectivity index (χ1n) is 5.40. The molecule has 0 spiro atoms. The van der Waals surface area contributed by atoms with Crippen LogP contribution in [0.15, 0.2) is 18.2 Å². The lowest BCUT2D eigenvalue weighted by atomic mass is 10.0. The number of carbonyl (C=O) groups excluding carboxylic acids is 1. The zero-order chi connectivity index (χ0) is 11.5. The van der Waals surface area contributed by atoms with Crippen molar-refractivity contribution in [2.45, 2.75) is 12.8 Å². The predicted molar refractivity (Wildman–Crippen MR) is 69.9 cm³/mol. The first-order valence-corrected chi connectivity index (χ1v) is 6.79. The van der Waals surface area contributed by atoms with E-state index >= 15 is 0 Å². The quantitative estimate of drug-likeness (QED) is 0.798. The maximum atomic E-state index is 11.9. The van der Waals surface area contributed by atoms with Gasteiger partial charge in [-0.25, -0.2) is 0 Å². The van der Waals surface area contributed by atoms with Crippen LogP contribution >= 0.6 is 11.8 Å². The van der Waals surface area contributed by atoms with E-state index in [1.54, 1.807) is 11.8 Å². The zero-order valence-corrected chi connectivity index (χ0v) is 10.2. The molecule has 4 heteroatoms. The van der Waals surface area contributed by atoms with Crippen LogP contribution in [-0.2, 0) is 11.2 Å². The minimum absolute atomic E-state index is 0.180. The second-order valence-corrected chi connectivity index (χ2v) is 4.84. The van der Waals surface area contributed by atoms with Gasteiger partial charge in [-0.2, -0.15) is 11.8 Å². The summed E-state index contributed by atoms with van der Waals surface area (Å²) in [5, 5.41) is 0. The first kappa shape index (κ1) is 11.3. The third-order valence-corrected chi connectivity index (χ3v) is 3.33. The van der Waals surface area contributed by atoms with Gasteiger partial charge in [0.25, 0.3) is 0 Å². The number of nitrogens with zero attached hydrogens (tertiary/aromatic N) is 1. The van der Waals surface area contributed by atoms with Crippen LogP contribution in [0.4, 0.5) is 11.4 Å². The summed E-state index contributed by atoms with van der Waals surface area (Å²) >= 11 is 1.56. The largest absolute Gasteiger partial charge is 0.399 e. The van der Waals surface area contributed by atoms with Crippen LogP contribution in [0.1, 0.15) is 12.0 Å². The van der Waals surface area contributed by atoms with Gasteiger partial charge in [-0.05, 0) is 36.8 Å². The molecule has 1 aromatic rings. The minimum Gasteiger partial charge on any atom is -0.399 e. The molecule has 1 aliphatic rings. The van der Waals surface area contributed by atoms with Gasteiger partial charge >= 0.3 is 0 Å². The van der Waals surface area contributed by atoms with Crippen LogP contribution in [-0.4, -0.2) is 24.5 Å². The van der Waals surface area contributed by atoms with Crippen LogP contribution in [0.5, 0.6) is 0 Å². The fraction of sp³-hybridized carbons (Fsp3) is 0.417. The van der Waals surface area contributed by atoms with Crippen molar-refractivity contribution in [1.82, 2.24) is 0 Å². The van der Waals surface area contributed by atoms with E-state index < -0.39 is 0 Å². The summed E-state index contributed by atoms with van der Waals surface area (Å²) in [6.45, 7) is 0.815. The van der Waals surface area contributed by atoms with Crippen LogP contribution in [0.25, 0.3) is 0 Å². The van der Waals surface area contributed by atoms with Crippen LogP contribution < -0.4 is 10.6 Å². The van der Waals surface area contributed by atoms with Gasteiger partial charge in [-0.3, -0.25) is 4.79 Å². The van der Waals surface area contributed by atoms with Gasteiger partial charge in [-0.15, -0.1) is 0 Å². The summed E-state index contributed by atoms with van der Waals surface area (Å²) in [7, 11) is 0. The molecule has 3 nitrogen and oxygen atoms in total. The standard InChI is InChI=1S/C12H16N2OS/c1-16-8-12(15)14-6-2-3-9-4-5-10(13)7-11(9)14/h4-5,7H,2-3,6,8,13H2,1H3. The van der Waals surface area contributed by atoms with E-state index in [9.17, 15) is 4.79 Å². The van der Waals surface area contributed by atoms with Crippen LogP contribution in [0.3, 0.4) is 0 Å². The molecule has 1 aliphatic heterocycles. The number of nitrogens with two attached hydrogens (primary N) is 1. The first-order chi connectivity index (χ1) is 7.72. The van der Waals surface area contributed by atoms with E-state index in [1.165, 1.54) is 5.56 Å². The third-order valence-electron chi connectivity index (χ3n) is 2.80. The maximum absolute atomic E-state index is 11.9. The Labute approximate surface area is 100.0 Å². The van der Waals surface area contributed by atoms with Gasteiger partial charge in [0, 0.05) is 17.9 Å². The molecule has 2 rings (SSSR count). The summed E-state index contributed by atoms with van der Waals surface area (Å²) in [5.74, 6) is 0.716. The summed E-state index contributed by atoms with van der Waals surface area (Å²) in [5.41, 5.74) is 8.74. The molecule has 2 N–H and O–H groups in total. The number of benzene rings is 1. The Bertz CT molecular complexity index is 406. The smallest absolute Gasteiger partial charge is 0.236 e. The molecular weight excluding hydrogens is 220 g/mol. The summed E-state index contributed by atoms with van der Waals surface area (Å²) in [6, 6.07) is 5.84. The molecule has 1 amide bonds. The van der Waals surface area contributed by atoms with Crippen LogP contribution in [0.2, 0.25) is 0 Å². The molecule has 0 aromatic heterocycles. The van der Waals surface area contributed by atoms with Gasteiger partial charge in [0.1, 0.15) is 0 Å². The highest BCUT2D eigenvalue weighted by Crippen LogP contribution is 2.29. The molecular formula is C12H16N2OS. The monoisotopic (exact) mass is 236 g/mol. The second-order valence-electron chi connectivity index (χ2n) is 3.97. The van der Waals surface area contributed by atoms with Crippen molar-refractivity contribution in [2.75, 3.05) is 29.2 Å². The van der Waals surface area contributed by atoms with Crippen molar-refractivity contribution in [2.24, 2.45) is 0 Å². The number of hydrogen-bond donors (Lipinski definition) is 1. The van der Waals surface area contributed by atoms with E-state index in [0.717, 1.165) is 30.8 Å². The Morgan fingerprint density at radius 3 is 3.12 bits per heavy atom. The molecule has 0 atom stereocenters. The number of thioether (sulfide) groups is 1. The second kappa shape index (κ2) is 4.78. The molecule has 0 bridgehead atoms.